The van der Waals surface area contributed by atoms with Gasteiger partial charge in [0.25, 0.3) is 5.56 Å². The van der Waals surface area contributed by atoms with Gasteiger partial charge in [-0.2, -0.15) is 4.31 Å². The second kappa shape index (κ2) is 8.60. The number of benzene rings is 1. The summed E-state index contributed by atoms with van der Waals surface area (Å²) in [4.78, 5) is 23.9. The number of sulfonamides is 1. The molecule has 2 heterocycles. The van der Waals surface area contributed by atoms with Crippen molar-refractivity contribution in [2.24, 2.45) is 14.1 Å². The molecule has 11 heteroatoms. The van der Waals surface area contributed by atoms with Crippen LogP contribution in [0.15, 0.2) is 38.9 Å². The fourth-order valence-electron chi connectivity index (χ4n) is 3.51. The van der Waals surface area contributed by atoms with Gasteiger partial charge in [0, 0.05) is 45.5 Å². The van der Waals surface area contributed by atoms with Gasteiger partial charge >= 0.3 is 5.69 Å². The van der Waals surface area contributed by atoms with Crippen molar-refractivity contribution >= 4 is 15.6 Å². The number of aryl methyl sites for hydroxylation is 1. The Morgan fingerprint density at radius 3 is 2.06 bits per heavy atom. The van der Waals surface area contributed by atoms with E-state index in [2.05, 4.69) is 0 Å². The van der Waals surface area contributed by atoms with E-state index in [1.54, 1.807) is 25.3 Å². The lowest BCUT2D eigenvalue weighted by molar-refractivity contribution is 0.372. The fraction of sp³-hybridized carbons (Fsp3) is 0.400. The Labute approximate surface area is 179 Å². The first kappa shape index (κ1) is 22.6. The van der Waals surface area contributed by atoms with Crippen LogP contribution in [0.4, 0.5) is 0 Å². The number of ether oxygens (including phenoxy) is 3. The minimum atomic E-state index is -4.09. The molecule has 2 aromatic rings. The Balaban J connectivity index is 1.99. The normalized spacial score (nSPS) is 14.8. The molecule has 0 aliphatic carbocycles. The number of hydrogen-bond donors (Lipinski definition) is 0. The fourth-order valence-corrected chi connectivity index (χ4v) is 5.04. The molecule has 0 bridgehead atoms. The summed E-state index contributed by atoms with van der Waals surface area (Å²) < 4.78 is 45.5. The maximum absolute atomic E-state index is 13.1. The molecule has 0 spiro atoms. The van der Waals surface area contributed by atoms with E-state index >= 15 is 0 Å². The molecule has 168 valence electrons. The van der Waals surface area contributed by atoms with E-state index in [1.165, 1.54) is 32.6 Å². The highest BCUT2D eigenvalue weighted by atomic mass is 32.2. The molecule has 0 radical (unpaired) electrons. The van der Waals surface area contributed by atoms with Crippen LogP contribution >= 0.6 is 0 Å². The molecule has 0 unspecified atom stereocenters. The van der Waals surface area contributed by atoms with Crippen molar-refractivity contribution < 1.29 is 22.6 Å². The first-order valence-electron chi connectivity index (χ1n) is 9.42. The van der Waals surface area contributed by atoms with E-state index in [0.717, 1.165) is 26.5 Å². The molecule has 0 saturated carbocycles. The van der Waals surface area contributed by atoms with Crippen molar-refractivity contribution in [3.8, 4) is 17.2 Å². The SMILES string of the molecule is COc1cc(OC)c(C2=CCN(S(=O)(=O)c3cn(C)c(=O)n(C)c3=O)CC2)c(OC)c1. The van der Waals surface area contributed by atoms with Crippen LogP contribution in [0, 0.1) is 0 Å². The van der Waals surface area contributed by atoms with Crippen LogP contribution in [0.1, 0.15) is 12.0 Å². The maximum atomic E-state index is 13.1. The Morgan fingerprint density at radius 2 is 1.58 bits per heavy atom. The summed E-state index contributed by atoms with van der Waals surface area (Å²) in [5, 5.41) is 0. The van der Waals surface area contributed by atoms with Crippen LogP contribution < -0.4 is 25.5 Å². The summed E-state index contributed by atoms with van der Waals surface area (Å²) in [7, 11) is 3.17. The van der Waals surface area contributed by atoms with Gasteiger partial charge in [0.15, 0.2) is 4.90 Å². The third kappa shape index (κ3) is 3.98. The van der Waals surface area contributed by atoms with Crippen LogP contribution in [0.5, 0.6) is 17.2 Å². The summed E-state index contributed by atoms with van der Waals surface area (Å²) >= 11 is 0. The van der Waals surface area contributed by atoms with E-state index in [9.17, 15) is 18.0 Å². The number of rotatable bonds is 6. The predicted molar refractivity (Wildman–Crippen MR) is 114 cm³/mol. The summed E-state index contributed by atoms with van der Waals surface area (Å²) in [6.07, 6.45) is 3.21. The molecular weight excluding hydrogens is 426 g/mol. The molecule has 0 fully saturated rings. The van der Waals surface area contributed by atoms with E-state index in [0.29, 0.717) is 23.7 Å². The highest BCUT2D eigenvalue weighted by molar-refractivity contribution is 7.89. The zero-order valence-corrected chi connectivity index (χ0v) is 18.9. The number of aromatic nitrogens is 2. The zero-order chi connectivity index (χ0) is 22.9. The molecule has 10 nitrogen and oxygen atoms in total. The van der Waals surface area contributed by atoms with Crippen molar-refractivity contribution in [1.82, 2.24) is 13.4 Å². The smallest absolute Gasteiger partial charge is 0.330 e. The van der Waals surface area contributed by atoms with E-state index in [-0.39, 0.29) is 13.1 Å². The molecule has 0 amide bonds. The van der Waals surface area contributed by atoms with Gasteiger partial charge < -0.3 is 18.8 Å². The van der Waals surface area contributed by atoms with Crippen LogP contribution in [0.2, 0.25) is 0 Å². The third-order valence-electron chi connectivity index (χ3n) is 5.24. The average molecular weight is 452 g/mol. The number of methoxy groups -OCH3 is 3. The molecule has 1 aromatic carbocycles. The lowest BCUT2D eigenvalue weighted by Gasteiger charge is -2.27. The summed E-state index contributed by atoms with van der Waals surface area (Å²) in [5.74, 6) is 1.67. The van der Waals surface area contributed by atoms with Crippen LogP contribution in [0.25, 0.3) is 5.57 Å². The summed E-state index contributed by atoms with van der Waals surface area (Å²) in [5.41, 5.74) is 0.136. The van der Waals surface area contributed by atoms with Crippen LogP contribution in [-0.2, 0) is 24.1 Å². The molecule has 1 aliphatic heterocycles. The molecule has 0 saturated heterocycles. The maximum Gasteiger partial charge on any atom is 0.330 e. The predicted octanol–water partition coefficient (Wildman–Crippen LogP) is 0.588. The van der Waals surface area contributed by atoms with E-state index in [1.807, 2.05) is 0 Å². The average Bonchev–Trinajstić information content (AvgIpc) is 2.78. The van der Waals surface area contributed by atoms with Crippen LogP contribution in [0.3, 0.4) is 0 Å². The van der Waals surface area contributed by atoms with Gasteiger partial charge in [-0.15, -0.1) is 0 Å². The quantitative estimate of drug-likeness (QED) is 0.632. The molecule has 1 aromatic heterocycles. The van der Waals surface area contributed by atoms with Crippen molar-refractivity contribution in [1.29, 1.82) is 0 Å². The van der Waals surface area contributed by atoms with Crippen molar-refractivity contribution in [3.63, 3.8) is 0 Å². The van der Waals surface area contributed by atoms with Gasteiger partial charge in [-0.3, -0.25) is 9.36 Å². The molecule has 31 heavy (non-hydrogen) atoms. The van der Waals surface area contributed by atoms with Crippen LogP contribution in [-0.4, -0.2) is 56.3 Å². The number of hydrogen-bond acceptors (Lipinski definition) is 7. The Bertz CT molecular complexity index is 1230. The Hall–Kier alpha value is -3.05. The minimum absolute atomic E-state index is 0.0575. The van der Waals surface area contributed by atoms with Gasteiger partial charge in [0.05, 0.1) is 26.9 Å². The monoisotopic (exact) mass is 451 g/mol. The largest absolute Gasteiger partial charge is 0.496 e. The van der Waals surface area contributed by atoms with Gasteiger partial charge in [-0.1, -0.05) is 6.08 Å². The summed E-state index contributed by atoms with van der Waals surface area (Å²) in [6, 6.07) is 3.46. The standard InChI is InChI=1S/C20H25N3O7S/c1-21-12-17(19(24)22(2)20(21)25)31(26,27)23-8-6-13(7-9-23)18-15(29-4)10-14(28-3)11-16(18)30-5/h6,10-12H,7-9H2,1-5H3. The molecule has 3 rings (SSSR count). The zero-order valence-electron chi connectivity index (χ0n) is 18.0. The lowest BCUT2D eigenvalue weighted by atomic mass is 9.98. The molecular formula is C20H25N3O7S. The topological polar surface area (TPSA) is 109 Å². The van der Waals surface area contributed by atoms with Gasteiger partial charge in [-0.25, -0.2) is 13.2 Å². The van der Waals surface area contributed by atoms with Crippen molar-refractivity contribution in [2.45, 2.75) is 11.3 Å². The molecule has 0 atom stereocenters. The minimum Gasteiger partial charge on any atom is -0.496 e. The Kier molecular flexibility index (Phi) is 6.27. The Morgan fingerprint density at radius 1 is 0.968 bits per heavy atom. The second-order valence-electron chi connectivity index (χ2n) is 7.00. The third-order valence-corrected chi connectivity index (χ3v) is 7.09. The summed E-state index contributed by atoms with van der Waals surface area (Å²) in [6.45, 7) is 0.209. The van der Waals surface area contributed by atoms with E-state index < -0.39 is 26.2 Å². The van der Waals surface area contributed by atoms with Crippen molar-refractivity contribution in [3.05, 3.63) is 50.8 Å². The van der Waals surface area contributed by atoms with Gasteiger partial charge in [0.1, 0.15) is 17.2 Å². The second-order valence-corrected chi connectivity index (χ2v) is 8.91. The van der Waals surface area contributed by atoms with Crippen molar-refractivity contribution in [2.75, 3.05) is 34.4 Å². The van der Waals surface area contributed by atoms with Gasteiger partial charge in [-0.05, 0) is 12.0 Å². The first-order valence-corrected chi connectivity index (χ1v) is 10.9. The number of nitrogens with zero attached hydrogens (tertiary/aromatic N) is 3. The molecule has 1 aliphatic rings. The highest BCUT2D eigenvalue weighted by Crippen LogP contribution is 2.41. The lowest BCUT2D eigenvalue weighted by Crippen LogP contribution is -2.43. The van der Waals surface area contributed by atoms with Gasteiger partial charge in [0.2, 0.25) is 10.0 Å². The highest BCUT2D eigenvalue weighted by Gasteiger charge is 2.31. The molecule has 0 N–H and O–H groups in total. The first-order chi connectivity index (χ1) is 14.6. The van der Waals surface area contributed by atoms with E-state index in [4.69, 9.17) is 14.2 Å².